The van der Waals surface area contributed by atoms with Crippen molar-refractivity contribution in [2.45, 2.75) is 11.2 Å². The molecule has 0 amide bonds. The van der Waals surface area contributed by atoms with Crippen LogP contribution < -0.4 is 0 Å². The predicted octanol–water partition coefficient (Wildman–Crippen LogP) is 6.89. The first-order valence-electron chi connectivity index (χ1n) is 10.5. The van der Waals surface area contributed by atoms with E-state index in [0.717, 1.165) is 0 Å². The van der Waals surface area contributed by atoms with Crippen LogP contribution in [0.5, 0.6) is 0 Å². The Morgan fingerprint density at radius 3 is 0.912 bits per heavy atom. The average molecular weight is 486 g/mol. The summed E-state index contributed by atoms with van der Waals surface area (Å²) in [5.74, 6) is -0.596. The Morgan fingerprint density at radius 1 is 0.471 bits per heavy atom. The minimum Gasteiger partial charge on any atom is -0.291 e. The number of rotatable bonds is 10. The second-order valence-electron chi connectivity index (χ2n) is 7.49. The molecule has 0 aromatic heterocycles. The fraction of sp³-hybridized carbons (Fsp3) is 0.0741. The van der Waals surface area contributed by atoms with Gasteiger partial charge in [0.25, 0.3) is 0 Å². The van der Waals surface area contributed by atoms with Crippen molar-refractivity contribution in [2.24, 2.45) is 0 Å². The van der Waals surface area contributed by atoms with E-state index in [9.17, 15) is 13.9 Å². The van der Waals surface area contributed by atoms with E-state index in [2.05, 4.69) is 0 Å². The molecule has 4 aromatic carbocycles. The van der Waals surface area contributed by atoms with Crippen molar-refractivity contribution in [2.75, 3.05) is 0 Å². The molecular weight excluding hydrogens is 466 g/mol. The molecule has 0 saturated carbocycles. The Balaban J connectivity index is 2.11. The van der Waals surface area contributed by atoms with Crippen molar-refractivity contribution >= 4 is 23.2 Å². The number of carbonyl (C=O) groups is 1. The summed E-state index contributed by atoms with van der Waals surface area (Å²) in [6, 6.07) is 35.2. The van der Waals surface area contributed by atoms with Crippen LogP contribution in [0.4, 0.5) is 0 Å². The minimum absolute atomic E-state index is 0.456. The van der Waals surface area contributed by atoms with Gasteiger partial charge in [0.15, 0.2) is 11.2 Å². The smallest absolute Gasteiger partial charge is 0.291 e. The van der Waals surface area contributed by atoms with Crippen molar-refractivity contribution < 1.29 is 23.0 Å². The van der Waals surface area contributed by atoms with E-state index in [1.165, 1.54) is 0 Å². The summed E-state index contributed by atoms with van der Waals surface area (Å²) in [5, 5.41) is 0. The fourth-order valence-electron chi connectivity index (χ4n) is 4.20. The van der Waals surface area contributed by atoms with Crippen molar-refractivity contribution in [1.82, 2.24) is 0 Å². The molecule has 4 rings (SSSR count). The zero-order valence-electron chi connectivity index (χ0n) is 18.0. The molecule has 0 aliphatic rings. The molecule has 4 aromatic rings. The van der Waals surface area contributed by atoms with Gasteiger partial charge in [-0.25, -0.2) is 9.13 Å². The molecule has 0 N–H and O–H groups in total. The van der Waals surface area contributed by atoms with Crippen LogP contribution in [-0.2, 0) is 34.2 Å². The Hall–Kier alpha value is -3.33. The van der Waals surface area contributed by atoms with Crippen LogP contribution in [-0.4, -0.2) is 5.78 Å². The van der Waals surface area contributed by atoms with E-state index < -0.39 is 34.4 Å². The fourth-order valence-corrected chi connectivity index (χ4v) is 5.01. The lowest BCUT2D eigenvalue weighted by molar-refractivity contribution is -0.145. The molecule has 0 saturated heterocycles. The van der Waals surface area contributed by atoms with Gasteiger partial charge >= 0.3 is 17.4 Å². The van der Waals surface area contributed by atoms with Gasteiger partial charge in [-0.3, -0.25) is 13.8 Å². The van der Waals surface area contributed by atoms with Crippen LogP contribution >= 0.6 is 17.4 Å². The van der Waals surface area contributed by atoms with Crippen LogP contribution in [0.15, 0.2) is 121 Å². The number of benzene rings is 4. The molecular formula is C27H20O5P2. The van der Waals surface area contributed by atoms with Crippen LogP contribution in [0.3, 0.4) is 0 Å². The first-order valence-corrected chi connectivity index (χ1v) is 11.9. The average Bonchev–Trinajstić information content (AvgIpc) is 2.92. The lowest BCUT2D eigenvalue weighted by atomic mass is 9.71. The zero-order chi connectivity index (χ0) is 23.9. The molecule has 0 radical (unpaired) electrons. The van der Waals surface area contributed by atoms with Crippen LogP contribution in [0.2, 0.25) is 0 Å². The molecule has 0 heterocycles. The maximum atomic E-state index is 14.9. The van der Waals surface area contributed by atoms with Crippen molar-refractivity contribution in [1.29, 1.82) is 0 Å². The topological polar surface area (TPSA) is 69.7 Å². The Bertz CT molecular complexity index is 1070. The highest BCUT2D eigenvalue weighted by molar-refractivity contribution is 7.17. The van der Waals surface area contributed by atoms with Crippen LogP contribution in [0.1, 0.15) is 22.3 Å². The van der Waals surface area contributed by atoms with Crippen molar-refractivity contribution in [3.05, 3.63) is 144 Å². The van der Waals surface area contributed by atoms with E-state index in [-0.39, 0.29) is 0 Å². The second kappa shape index (κ2) is 10.7. The monoisotopic (exact) mass is 486 g/mol. The highest BCUT2D eigenvalue weighted by atomic mass is 31.1. The summed E-state index contributed by atoms with van der Waals surface area (Å²) in [7, 11) is -1.41. The van der Waals surface area contributed by atoms with Gasteiger partial charge in [-0.05, 0) is 22.3 Å². The van der Waals surface area contributed by atoms with Gasteiger partial charge in [0.1, 0.15) is 0 Å². The van der Waals surface area contributed by atoms with Crippen LogP contribution in [0.25, 0.3) is 0 Å². The molecule has 0 atom stereocenters. The first kappa shape index (κ1) is 23.8. The van der Waals surface area contributed by atoms with Crippen molar-refractivity contribution in [3.63, 3.8) is 0 Å². The summed E-state index contributed by atoms with van der Waals surface area (Å²) in [6.45, 7) is 0. The molecule has 5 nitrogen and oxygen atoms in total. The normalized spacial score (nSPS) is 12.0. The van der Waals surface area contributed by atoms with Gasteiger partial charge in [0.05, 0.1) is 0 Å². The number of ketones is 1. The number of Topliss-reactive ketones (excluding diaryl/α,β-unsaturated/α-hetero) is 1. The molecule has 7 heteroatoms. The molecule has 0 fully saturated rings. The lowest BCUT2D eigenvalue weighted by Gasteiger charge is -2.39. The number of carbonyl (C=O) groups excluding carboxylic acids is 1. The summed E-state index contributed by atoms with van der Waals surface area (Å²) in [4.78, 5) is 14.9. The van der Waals surface area contributed by atoms with E-state index in [1.807, 2.05) is 24.3 Å². The third-order valence-corrected chi connectivity index (χ3v) is 6.41. The highest BCUT2D eigenvalue weighted by Crippen LogP contribution is 2.48. The summed E-state index contributed by atoms with van der Waals surface area (Å²) in [5.41, 5.74) is -1.87. The molecule has 168 valence electrons. The van der Waals surface area contributed by atoms with Gasteiger partial charge in [-0.1, -0.05) is 121 Å². The third kappa shape index (κ3) is 4.16. The zero-order valence-corrected chi connectivity index (χ0v) is 19.8. The second-order valence-corrected chi connectivity index (χ2v) is 8.15. The Kier molecular flexibility index (Phi) is 7.52. The maximum absolute atomic E-state index is 14.9. The standard InChI is InChI=1S/C27H20O5P2/c28-25(26(31-33-29,21-13-5-1-6-14-21)22-15-7-2-8-16-22)27(32-34-30,23-17-9-3-10-18-23)24-19-11-4-12-20-24/h1-20H. The first-order chi connectivity index (χ1) is 16.7. The maximum Gasteiger partial charge on any atom is 0.329 e. The summed E-state index contributed by atoms with van der Waals surface area (Å²) < 4.78 is 35.8. The van der Waals surface area contributed by atoms with Gasteiger partial charge in [-0.15, -0.1) is 0 Å². The minimum atomic E-state index is -1.85. The molecule has 0 bridgehead atoms. The van der Waals surface area contributed by atoms with E-state index in [0.29, 0.717) is 22.3 Å². The van der Waals surface area contributed by atoms with E-state index >= 15 is 0 Å². The quantitative estimate of drug-likeness (QED) is 0.228. The van der Waals surface area contributed by atoms with Crippen LogP contribution in [0, 0.1) is 0 Å². The lowest BCUT2D eigenvalue weighted by Crippen LogP contribution is -2.51. The molecule has 0 unspecified atom stereocenters. The molecule has 34 heavy (non-hydrogen) atoms. The molecule has 0 aliphatic carbocycles. The highest BCUT2D eigenvalue weighted by Gasteiger charge is 2.57. The largest absolute Gasteiger partial charge is 0.329 e. The van der Waals surface area contributed by atoms with E-state index in [4.69, 9.17) is 9.05 Å². The molecule has 0 spiro atoms. The number of hydrogen-bond donors (Lipinski definition) is 0. The Labute approximate surface area is 200 Å². The Morgan fingerprint density at radius 2 is 0.706 bits per heavy atom. The van der Waals surface area contributed by atoms with Gasteiger partial charge in [0.2, 0.25) is 5.78 Å². The summed E-state index contributed by atoms with van der Waals surface area (Å²) >= 11 is 0. The molecule has 0 aliphatic heterocycles. The summed E-state index contributed by atoms with van der Waals surface area (Å²) in [6.07, 6.45) is 0. The SMILES string of the molecule is O=POC(C(=O)C(OP=O)(c1ccccc1)c1ccccc1)(c1ccccc1)c1ccccc1. The van der Waals surface area contributed by atoms with Crippen molar-refractivity contribution in [3.8, 4) is 0 Å². The third-order valence-electron chi connectivity index (χ3n) is 5.71. The number of hydrogen-bond acceptors (Lipinski definition) is 5. The van der Waals surface area contributed by atoms with E-state index in [1.54, 1.807) is 97.1 Å². The predicted molar refractivity (Wildman–Crippen MR) is 130 cm³/mol. The van der Waals surface area contributed by atoms with Gasteiger partial charge < -0.3 is 0 Å². The van der Waals surface area contributed by atoms with Gasteiger partial charge in [0, 0.05) is 0 Å². The van der Waals surface area contributed by atoms with Gasteiger partial charge in [-0.2, -0.15) is 0 Å².